The molecule has 1 aliphatic carbocycles. The molecule has 2 heterocycles. The predicted molar refractivity (Wildman–Crippen MR) is 123 cm³/mol. The third-order valence-electron chi connectivity index (χ3n) is 6.75. The highest BCUT2D eigenvalue weighted by atomic mass is 19.3. The molecule has 2 N–H and O–H groups in total. The summed E-state index contributed by atoms with van der Waals surface area (Å²) in [6, 6.07) is 4.15. The largest absolute Gasteiger partial charge is 0.443 e. The maximum Gasteiger partial charge on any atom is 0.313 e. The van der Waals surface area contributed by atoms with Crippen molar-refractivity contribution in [2.45, 2.75) is 52.0 Å². The van der Waals surface area contributed by atoms with Gasteiger partial charge in [-0.1, -0.05) is 0 Å². The summed E-state index contributed by atoms with van der Waals surface area (Å²) in [7, 11) is 1.56. The number of rotatable bonds is 7. The highest BCUT2D eigenvalue weighted by Gasteiger charge is 2.44. The van der Waals surface area contributed by atoms with E-state index in [4.69, 9.17) is 4.42 Å². The first-order chi connectivity index (χ1) is 16.9. The zero-order valence-corrected chi connectivity index (χ0v) is 20.2. The number of aromatic nitrogens is 2. The van der Waals surface area contributed by atoms with Crippen LogP contribution in [0.2, 0.25) is 0 Å². The number of aryl methyl sites for hydroxylation is 1. The molecule has 8 nitrogen and oxygen atoms in total. The number of carbonyl (C=O) groups excluding carboxylic acids is 3. The first-order valence-corrected chi connectivity index (χ1v) is 11.3. The smallest absolute Gasteiger partial charge is 0.313 e. The van der Waals surface area contributed by atoms with Crippen LogP contribution in [0.4, 0.5) is 18.9 Å². The first-order valence-electron chi connectivity index (χ1n) is 11.3. The number of nitrogens with zero attached hydrogens (tertiary/aromatic N) is 2. The Labute approximate surface area is 204 Å². The van der Waals surface area contributed by atoms with E-state index in [2.05, 4.69) is 15.6 Å². The molecular formula is C25H25F3N4O4. The molecule has 0 spiro atoms. The van der Waals surface area contributed by atoms with Crippen LogP contribution in [0.5, 0.6) is 0 Å². The van der Waals surface area contributed by atoms with Gasteiger partial charge in [-0.2, -0.15) is 8.78 Å². The number of oxazole rings is 1. The highest BCUT2D eigenvalue weighted by Crippen LogP contribution is 2.41. The number of ketones is 1. The van der Waals surface area contributed by atoms with Gasteiger partial charge >= 0.3 is 6.43 Å². The molecule has 190 valence electrons. The zero-order valence-electron chi connectivity index (χ0n) is 20.2. The van der Waals surface area contributed by atoms with Crippen LogP contribution >= 0.6 is 0 Å². The van der Waals surface area contributed by atoms with Crippen molar-refractivity contribution in [2.24, 2.45) is 7.05 Å². The van der Waals surface area contributed by atoms with Crippen LogP contribution in [0.25, 0.3) is 0 Å². The number of amides is 2. The van der Waals surface area contributed by atoms with Crippen molar-refractivity contribution >= 4 is 23.3 Å². The molecule has 3 aromatic rings. The number of halogens is 3. The van der Waals surface area contributed by atoms with Crippen LogP contribution in [0.1, 0.15) is 74.9 Å². The molecule has 4 rings (SSSR count). The number of hydrogen-bond acceptors (Lipinski definition) is 5. The third kappa shape index (κ3) is 4.29. The average molecular weight is 502 g/mol. The Morgan fingerprint density at radius 1 is 1.17 bits per heavy atom. The zero-order chi connectivity index (χ0) is 26.4. The molecule has 36 heavy (non-hydrogen) atoms. The van der Waals surface area contributed by atoms with Crippen molar-refractivity contribution in [3.63, 3.8) is 0 Å². The molecule has 1 fully saturated rings. The van der Waals surface area contributed by atoms with E-state index in [0.717, 1.165) is 6.26 Å². The van der Waals surface area contributed by atoms with Crippen LogP contribution in [0.3, 0.4) is 0 Å². The molecule has 1 saturated carbocycles. The van der Waals surface area contributed by atoms with Gasteiger partial charge in [-0.05, 0) is 69.4 Å². The van der Waals surface area contributed by atoms with Gasteiger partial charge in [0.2, 0.25) is 0 Å². The summed E-state index contributed by atoms with van der Waals surface area (Å²) in [5.41, 5.74) is 0.805. The van der Waals surface area contributed by atoms with Gasteiger partial charge in [-0.15, -0.1) is 0 Å². The lowest BCUT2D eigenvalue weighted by atomic mass is 9.74. The van der Waals surface area contributed by atoms with Gasteiger partial charge in [0.25, 0.3) is 23.5 Å². The Morgan fingerprint density at radius 3 is 2.42 bits per heavy atom. The summed E-state index contributed by atoms with van der Waals surface area (Å²) in [6.45, 7) is 4.77. The number of carbonyl (C=O) groups is 3. The van der Waals surface area contributed by atoms with E-state index in [-0.39, 0.29) is 17.0 Å². The highest BCUT2D eigenvalue weighted by molar-refractivity contribution is 6.43. The summed E-state index contributed by atoms with van der Waals surface area (Å²) in [5.74, 6) is -3.49. The predicted octanol–water partition coefficient (Wildman–Crippen LogP) is 4.65. The Hall–Kier alpha value is -3.89. The monoisotopic (exact) mass is 502 g/mol. The maximum absolute atomic E-state index is 13.6. The minimum absolute atomic E-state index is 0.0216. The number of anilines is 1. The maximum atomic E-state index is 13.6. The van der Waals surface area contributed by atoms with Crippen LogP contribution < -0.4 is 10.6 Å². The second-order valence-electron chi connectivity index (χ2n) is 9.00. The molecule has 0 saturated heterocycles. The topological polar surface area (TPSA) is 106 Å². The van der Waals surface area contributed by atoms with E-state index in [9.17, 15) is 27.6 Å². The van der Waals surface area contributed by atoms with Gasteiger partial charge in [-0.25, -0.2) is 9.37 Å². The van der Waals surface area contributed by atoms with Gasteiger partial charge in [0.1, 0.15) is 17.8 Å². The van der Waals surface area contributed by atoms with Crippen molar-refractivity contribution in [3.8, 4) is 0 Å². The standard InChI is InChI=1S/C25H25F3N4O4/c1-12-10-15(6-7-16(12)26)29-22(34)18-13(2)19(32(4)14(18)3)20(33)23(35)31-25(8-5-9-25)17-11-36-24(30-17)21(27)28/h6-7,10-11,21H,5,8-9H2,1-4H3,(H,29,34)(H,31,35). The minimum atomic E-state index is -2.90. The Balaban J connectivity index is 1.58. The summed E-state index contributed by atoms with van der Waals surface area (Å²) in [4.78, 5) is 43.0. The van der Waals surface area contributed by atoms with Gasteiger partial charge in [0.05, 0.1) is 16.8 Å². The van der Waals surface area contributed by atoms with E-state index < -0.39 is 41.3 Å². The van der Waals surface area contributed by atoms with Crippen molar-refractivity contribution < 1.29 is 32.0 Å². The lowest BCUT2D eigenvalue weighted by Crippen LogP contribution is -2.53. The van der Waals surface area contributed by atoms with Crippen LogP contribution in [-0.2, 0) is 17.4 Å². The average Bonchev–Trinajstić information content (AvgIpc) is 3.37. The molecule has 0 atom stereocenters. The summed E-state index contributed by atoms with van der Waals surface area (Å²) in [6.07, 6.45) is -0.288. The van der Waals surface area contributed by atoms with E-state index in [1.165, 1.54) is 22.8 Å². The number of hydrogen-bond donors (Lipinski definition) is 2. The van der Waals surface area contributed by atoms with E-state index in [1.54, 1.807) is 27.8 Å². The Morgan fingerprint density at radius 2 is 1.86 bits per heavy atom. The molecule has 1 aliphatic rings. The number of Topliss-reactive ketones (excluding diaryl/α,β-unsaturated/α-hetero) is 1. The van der Waals surface area contributed by atoms with Crippen molar-refractivity contribution in [1.82, 2.24) is 14.9 Å². The fourth-order valence-corrected chi connectivity index (χ4v) is 4.51. The number of alkyl halides is 2. The number of benzene rings is 1. The lowest BCUT2D eigenvalue weighted by Gasteiger charge is -2.40. The van der Waals surface area contributed by atoms with Gasteiger partial charge in [-0.3, -0.25) is 14.4 Å². The second-order valence-corrected chi connectivity index (χ2v) is 9.00. The van der Waals surface area contributed by atoms with E-state index in [0.29, 0.717) is 41.8 Å². The number of nitrogens with one attached hydrogen (secondary N) is 2. The van der Waals surface area contributed by atoms with Crippen LogP contribution in [0.15, 0.2) is 28.9 Å². The quantitative estimate of drug-likeness (QED) is 0.362. The van der Waals surface area contributed by atoms with E-state index >= 15 is 0 Å². The van der Waals surface area contributed by atoms with Crippen molar-refractivity contribution in [1.29, 1.82) is 0 Å². The van der Waals surface area contributed by atoms with Crippen molar-refractivity contribution in [2.75, 3.05) is 5.32 Å². The van der Waals surface area contributed by atoms with Crippen LogP contribution in [0, 0.1) is 26.6 Å². The molecule has 11 heteroatoms. The third-order valence-corrected chi connectivity index (χ3v) is 6.75. The summed E-state index contributed by atoms with van der Waals surface area (Å²) >= 11 is 0. The molecule has 0 unspecified atom stereocenters. The summed E-state index contributed by atoms with van der Waals surface area (Å²) < 4.78 is 45.7. The summed E-state index contributed by atoms with van der Waals surface area (Å²) in [5, 5.41) is 5.35. The Kier molecular flexibility index (Phi) is 6.50. The second kappa shape index (κ2) is 9.29. The van der Waals surface area contributed by atoms with E-state index in [1.807, 2.05) is 0 Å². The SMILES string of the molecule is Cc1cc(NC(=O)c2c(C)c(C(=O)C(=O)NC3(c4coc(C(F)F)n4)CCC3)n(C)c2C)ccc1F. The van der Waals surface area contributed by atoms with Gasteiger partial charge < -0.3 is 19.6 Å². The molecule has 2 aromatic heterocycles. The fraction of sp³-hybridized carbons (Fsp3) is 0.360. The van der Waals surface area contributed by atoms with Crippen LogP contribution in [-0.4, -0.2) is 27.1 Å². The molecule has 2 amide bonds. The first kappa shape index (κ1) is 25.2. The molecule has 0 bridgehead atoms. The normalized spacial score (nSPS) is 14.4. The molecule has 0 radical (unpaired) electrons. The molecule has 1 aromatic carbocycles. The lowest BCUT2D eigenvalue weighted by molar-refractivity contribution is -0.120. The van der Waals surface area contributed by atoms with Gasteiger partial charge in [0.15, 0.2) is 0 Å². The fourth-order valence-electron chi connectivity index (χ4n) is 4.51. The minimum Gasteiger partial charge on any atom is -0.443 e. The van der Waals surface area contributed by atoms with Crippen molar-refractivity contribution in [3.05, 3.63) is 69.9 Å². The molecule has 0 aliphatic heterocycles. The van der Waals surface area contributed by atoms with Gasteiger partial charge in [0, 0.05) is 18.4 Å². The Bertz CT molecular complexity index is 1370. The molecular weight excluding hydrogens is 477 g/mol.